The van der Waals surface area contributed by atoms with Gasteiger partial charge in [0.15, 0.2) is 5.69 Å². The lowest BCUT2D eigenvalue weighted by atomic mass is 10.2. The van der Waals surface area contributed by atoms with Crippen LogP contribution >= 0.6 is 0 Å². The predicted molar refractivity (Wildman–Crippen MR) is 107 cm³/mol. The largest absolute Gasteiger partial charge is 0.337 e. The Kier molecular flexibility index (Phi) is 4.36. The number of rotatable bonds is 3. The summed E-state index contributed by atoms with van der Waals surface area (Å²) in [6.45, 7) is 2.43. The summed E-state index contributed by atoms with van der Waals surface area (Å²) in [5.74, 6) is -0.0722. The first-order valence-corrected chi connectivity index (χ1v) is 11.2. The van der Waals surface area contributed by atoms with Gasteiger partial charge in [0.1, 0.15) is 4.90 Å². The van der Waals surface area contributed by atoms with E-state index in [0.29, 0.717) is 24.3 Å². The summed E-state index contributed by atoms with van der Waals surface area (Å²) in [6.07, 6.45) is 3.64. The number of benzene rings is 1. The van der Waals surface area contributed by atoms with E-state index in [0.717, 1.165) is 37.0 Å². The van der Waals surface area contributed by atoms with Crippen molar-refractivity contribution in [1.29, 1.82) is 0 Å². The van der Waals surface area contributed by atoms with E-state index in [9.17, 15) is 13.2 Å². The van der Waals surface area contributed by atoms with Gasteiger partial charge < -0.3 is 4.90 Å². The summed E-state index contributed by atoms with van der Waals surface area (Å²) in [7, 11) is -3.72. The smallest absolute Gasteiger partial charge is 0.274 e. The lowest BCUT2D eigenvalue weighted by Gasteiger charge is -2.27. The molecule has 0 N–H and O–H groups in total. The minimum Gasteiger partial charge on any atom is -0.337 e. The molecule has 0 saturated carbocycles. The first-order chi connectivity index (χ1) is 14.0. The molecule has 1 amide bonds. The second-order valence-electron chi connectivity index (χ2n) is 7.41. The summed E-state index contributed by atoms with van der Waals surface area (Å²) in [4.78, 5) is 18.9. The van der Waals surface area contributed by atoms with Gasteiger partial charge in [0.25, 0.3) is 5.91 Å². The van der Waals surface area contributed by atoms with E-state index in [1.54, 1.807) is 35.1 Å². The van der Waals surface area contributed by atoms with Crippen LogP contribution in [-0.2, 0) is 23.1 Å². The van der Waals surface area contributed by atoms with Crippen molar-refractivity contribution >= 4 is 26.8 Å². The van der Waals surface area contributed by atoms with Gasteiger partial charge >= 0.3 is 0 Å². The molecular weight excluding hydrogens is 390 g/mol. The molecule has 0 aliphatic carbocycles. The van der Waals surface area contributed by atoms with Gasteiger partial charge in [-0.2, -0.15) is 9.40 Å². The number of sulfonamides is 1. The molecule has 2 aliphatic rings. The summed E-state index contributed by atoms with van der Waals surface area (Å²) in [5.41, 5.74) is 1.60. The van der Waals surface area contributed by atoms with Crippen molar-refractivity contribution in [2.45, 2.75) is 30.8 Å². The summed E-state index contributed by atoms with van der Waals surface area (Å²) < 4.78 is 29.9. The lowest BCUT2D eigenvalue weighted by molar-refractivity contribution is 0.0786. The van der Waals surface area contributed by atoms with Crippen LogP contribution in [-0.4, -0.2) is 57.9 Å². The molecule has 0 atom stereocenters. The monoisotopic (exact) mass is 411 g/mol. The molecule has 1 fully saturated rings. The number of carbonyl (C=O) groups is 1. The van der Waals surface area contributed by atoms with Crippen molar-refractivity contribution < 1.29 is 13.2 Å². The van der Waals surface area contributed by atoms with Gasteiger partial charge in [-0.05, 0) is 31.0 Å². The van der Waals surface area contributed by atoms with Crippen LogP contribution in [0.1, 0.15) is 29.0 Å². The number of para-hydroxylation sites is 1. The molecule has 2 aliphatic heterocycles. The van der Waals surface area contributed by atoms with Gasteiger partial charge in [-0.15, -0.1) is 0 Å². The number of aromatic nitrogens is 3. The molecule has 0 radical (unpaired) electrons. The molecule has 1 saturated heterocycles. The van der Waals surface area contributed by atoms with Gasteiger partial charge in [-0.3, -0.25) is 14.5 Å². The predicted octanol–water partition coefficient (Wildman–Crippen LogP) is 1.87. The second kappa shape index (κ2) is 6.93. The van der Waals surface area contributed by atoms with Crippen molar-refractivity contribution in [3.63, 3.8) is 0 Å². The number of pyridine rings is 1. The van der Waals surface area contributed by atoms with Crippen LogP contribution < -0.4 is 0 Å². The van der Waals surface area contributed by atoms with Gasteiger partial charge in [0.05, 0.1) is 24.3 Å². The third kappa shape index (κ3) is 3.10. The van der Waals surface area contributed by atoms with Crippen LogP contribution in [0.15, 0.2) is 47.5 Å². The molecular formula is C20H21N5O3S. The molecule has 4 heterocycles. The molecule has 1 aromatic carbocycles. The molecule has 29 heavy (non-hydrogen) atoms. The van der Waals surface area contributed by atoms with Crippen LogP contribution in [0.3, 0.4) is 0 Å². The number of nitrogens with zero attached hydrogens (tertiary/aromatic N) is 5. The lowest BCUT2D eigenvalue weighted by Crippen LogP contribution is -2.38. The Hall–Kier alpha value is -2.78. The fourth-order valence-electron chi connectivity index (χ4n) is 4.06. The second-order valence-corrected chi connectivity index (χ2v) is 9.32. The Morgan fingerprint density at radius 3 is 2.62 bits per heavy atom. The van der Waals surface area contributed by atoms with Crippen LogP contribution in [0.25, 0.3) is 10.9 Å². The normalized spacial score (nSPS) is 17.6. The van der Waals surface area contributed by atoms with Crippen molar-refractivity contribution in [1.82, 2.24) is 24.0 Å². The molecule has 5 rings (SSSR count). The number of hydrogen-bond acceptors (Lipinski definition) is 5. The SMILES string of the molecule is O=C(c1cc2n(n1)CCN(S(=O)(=O)c1cccc3cccnc13)C2)N1CCCC1. The van der Waals surface area contributed by atoms with E-state index >= 15 is 0 Å². The zero-order chi connectivity index (χ0) is 20.0. The van der Waals surface area contributed by atoms with E-state index in [1.807, 2.05) is 17.0 Å². The van der Waals surface area contributed by atoms with Crippen LogP contribution in [0.2, 0.25) is 0 Å². The minimum absolute atomic E-state index is 0.0722. The summed E-state index contributed by atoms with van der Waals surface area (Å²) in [5, 5.41) is 5.21. The van der Waals surface area contributed by atoms with Crippen molar-refractivity contribution in [2.75, 3.05) is 19.6 Å². The van der Waals surface area contributed by atoms with E-state index in [-0.39, 0.29) is 17.3 Å². The van der Waals surface area contributed by atoms with Gasteiger partial charge in [-0.1, -0.05) is 18.2 Å². The Morgan fingerprint density at radius 1 is 1.00 bits per heavy atom. The average molecular weight is 411 g/mol. The minimum atomic E-state index is -3.72. The zero-order valence-electron chi connectivity index (χ0n) is 15.9. The highest BCUT2D eigenvalue weighted by Gasteiger charge is 2.32. The third-order valence-electron chi connectivity index (χ3n) is 5.59. The number of amides is 1. The molecule has 8 nitrogen and oxygen atoms in total. The first kappa shape index (κ1) is 18.3. The Balaban J connectivity index is 1.45. The van der Waals surface area contributed by atoms with Crippen LogP contribution in [0.4, 0.5) is 0 Å². The maximum absolute atomic E-state index is 13.3. The third-order valence-corrected chi connectivity index (χ3v) is 7.47. The quantitative estimate of drug-likeness (QED) is 0.657. The van der Waals surface area contributed by atoms with Crippen molar-refractivity contribution in [3.05, 3.63) is 54.0 Å². The van der Waals surface area contributed by atoms with Crippen LogP contribution in [0.5, 0.6) is 0 Å². The number of likely N-dealkylation sites (tertiary alicyclic amines) is 1. The Bertz CT molecular complexity index is 1190. The topological polar surface area (TPSA) is 88.4 Å². The van der Waals surface area contributed by atoms with E-state index < -0.39 is 10.0 Å². The standard InChI is InChI=1S/C20H21N5O3S/c26-20(23-9-1-2-10-23)17-13-16-14-24(11-12-25(16)22-17)29(27,28)18-7-3-5-15-6-4-8-21-19(15)18/h3-8,13H,1-2,9-12,14H2. The van der Waals surface area contributed by atoms with Gasteiger partial charge in [0.2, 0.25) is 10.0 Å². The Labute approximate surface area is 168 Å². The maximum atomic E-state index is 13.3. The highest BCUT2D eigenvalue weighted by Crippen LogP contribution is 2.27. The van der Waals surface area contributed by atoms with E-state index in [1.165, 1.54) is 4.31 Å². The fraction of sp³-hybridized carbons (Fsp3) is 0.350. The Morgan fingerprint density at radius 2 is 1.79 bits per heavy atom. The summed E-state index contributed by atoms with van der Waals surface area (Å²) >= 11 is 0. The maximum Gasteiger partial charge on any atom is 0.274 e. The molecule has 150 valence electrons. The van der Waals surface area contributed by atoms with Crippen molar-refractivity contribution in [2.24, 2.45) is 0 Å². The molecule has 0 unspecified atom stereocenters. The van der Waals surface area contributed by atoms with Gasteiger partial charge in [-0.25, -0.2) is 8.42 Å². The van der Waals surface area contributed by atoms with Gasteiger partial charge in [0, 0.05) is 31.2 Å². The van der Waals surface area contributed by atoms with Crippen molar-refractivity contribution in [3.8, 4) is 0 Å². The number of fused-ring (bicyclic) bond motifs is 2. The zero-order valence-corrected chi connectivity index (χ0v) is 16.7. The highest BCUT2D eigenvalue weighted by atomic mass is 32.2. The number of carbonyl (C=O) groups excluding carboxylic acids is 1. The first-order valence-electron chi connectivity index (χ1n) is 9.74. The van der Waals surface area contributed by atoms with E-state index in [2.05, 4.69) is 10.1 Å². The fourth-order valence-corrected chi connectivity index (χ4v) is 5.63. The number of hydrogen-bond donors (Lipinski definition) is 0. The molecule has 0 spiro atoms. The highest BCUT2D eigenvalue weighted by molar-refractivity contribution is 7.89. The summed E-state index contributed by atoms with van der Waals surface area (Å²) in [6, 6.07) is 10.5. The average Bonchev–Trinajstić information content (AvgIpc) is 3.42. The molecule has 0 bridgehead atoms. The molecule has 2 aromatic heterocycles. The van der Waals surface area contributed by atoms with E-state index in [4.69, 9.17) is 0 Å². The molecule has 3 aromatic rings. The molecule has 9 heteroatoms. The van der Waals surface area contributed by atoms with Crippen LogP contribution in [0, 0.1) is 0 Å².